The van der Waals surface area contributed by atoms with E-state index in [1.54, 1.807) is 25.3 Å². The third-order valence-electron chi connectivity index (χ3n) is 5.39. The van der Waals surface area contributed by atoms with E-state index in [1.807, 2.05) is 38.1 Å². The Morgan fingerprint density at radius 3 is 2.12 bits per heavy atom. The molecule has 9 nitrogen and oxygen atoms in total. The zero-order valence-electron chi connectivity index (χ0n) is 19.7. The third-order valence-corrected chi connectivity index (χ3v) is 6.28. The number of nitrogens with zero attached hydrogens (tertiary/aromatic N) is 2. The predicted molar refractivity (Wildman–Crippen MR) is 131 cm³/mol. The maximum absolute atomic E-state index is 13.1. The number of amides is 2. The van der Waals surface area contributed by atoms with Crippen LogP contribution in [0.1, 0.15) is 30.6 Å². The molecular weight excluding hydrogens is 456 g/mol. The number of aromatic nitrogens is 2. The summed E-state index contributed by atoms with van der Waals surface area (Å²) in [6, 6.07) is 11.5. The van der Waals surface area contributed by atoms with Gasteiger partial charge < -0.3 is 19.5 Å². The van der Waals surface area contributed by atoms with Crippen LogP contribution in [-0.2, 0) is 4.79 Å². The van der Waals surface area contributed by atoms with Crippen LogP contribution in [0.5, 0.6) is 17.2 Å². The highest BCUT2D eigenvalue weighted by Gasteiger charge is 2.27. The number of hydrogen-bond donors (Lipinski definition) is 2. The average molecular weight is 485 g/mol. The average Bonchev–Trinajstić information content (AvgIpc) is 3.34. The summed E-state index contributed by atoms with van der Waals surface area (Å²) in [5.41, 5.74) is 1.19. The summed E-state index contributed by atoms with van der Waals surface area (Å²) in [6.07, 6.45) is 0.688. The highest BCUT2D eigenvalue weighted by Crippen LogP contribution is 2.28. The fraction of sp³-hybridized carbons (Fsp3) is 0.333. The lowest BCUT2D eigenvalue weighted by Gasteiger charge is -2.23. The number of nitrogens with one attached hydrogen (secondary N) is 2. The Kier molecular flexibility index (Phi) is 8.42. The minimum Gasteiger partial charge on any atom is -0.497 e. The summed E-state index contributed by atoms with van der Waals surface area (Å²) in [5, 5.41) is 14.9. The number of carbonyl (C=O) groups excluding carboxylic acids is 2. The number of rotatable bonds is 10. The van der Waals surface area contributed by atoms with Crippen molar-refractivity contribution in [3.8, 4) is 27.8 Å². The van der Waals surface area contributed by atoms with E-state index in [-0.39, 0.29) is 11.8 Å². The van der Waals surface area contributed by atoms with Crippen LogP contribution in [0.15, 0.2) is 42.5 Å². The summed E-state index contributed by atoms with van der Waals surface area (Å²) in [7, 11) is 4.62. The standard InChI is InChI=1S/C24H28N4O5S/c1-6-14(2)20(25-21(29)16-11-18(32-4)13-19(12-16)33-5)22(30)26-24-28-27-23(34-24)15-7-9-17(31-3)10-8-15/h7-14,20H,6H2,1-5H3,(H,25,29)(H,26,28,30). The first-order chi connectivity index (χ1) is 16.4. The molecule has 2 amide bonds. The van der Waals surface area contributed by atoms with Crippen molar-refractivity contribution < 1.29 is 23.8 Å². The number of ether oxygens (including phenoxy) is 3. The monoisotopic (exact) mass is 484 g/mol. The lowest BCUT2D eigenvalue weighted by atomic mass is 9.98. The van der Waals surface area contributed by atoms with Crippen LogP contribution < -0.4 is 24.8 Å². The molecule has 180 valence electrons. The Hall–Kier alpha value is -3.66. The van der Waals surface area contributed by atoms with Gasteiger partial charge in [-0.15, -0.1) is 10.2 Å². The molecule has 0 fully saturated rings. The predicted octanol–water partition coefficient (Wildman–Crippen LogP) is 4.01. The van der Waals surface area contributed by atoms with E-state index in [0.29, 0.717) is 33.6 Å². The Balaban J connectivity index is 1.75. The van der Waals surface area contributed by atoms with Gasteiger partial charge in [-0.1, -0.05) is 31.6 Å². The van der Waals surface area contributed by atoms with Gasteiger partial charge in [0, 0.05) is 17.2 Å². The molecule has 1 aromatic heterocycles. The second-order valence-electron chi connectivity index (χ2n) is 7.57. The molecule has 2 unspecified atom stereocenters. The summed E-state index contributed by atoms with van der Waals surface area (Å²) < 4.78 is 15.7. The smallest absolute Gasteiger partial charge is 0.252 e. The topological polar surface area (TPSA) is 112 Å². The Morgan fingerprint density at radius 2 is 1.56 bits per heavy atom. The molecule has 2 N–H and O–H groups in total. The van der Waals surface area contributed by atoms with Crippen molar-refractivity contribution in [2.45, 2.75) is 26.3 Å². The summed E-state index contributed by atoms with van der Waals surface area (Å²) in [6.45, 7) is 3.86. The summed E-state index contributed by atoms with van der Waals surface area (Å²) in [5.74, 6) is 0.805. The number of methoxy groups -OCH3 is 3. The quantitative estimate of drug-likeness (QED) is 0.447. The first-order valence-corrected chi connectivity index (χ1v) is 11.5. The normalized spacial score (nSPS) is 12.4. The molecule has 34 heavy (non-hydrogen) atoms. The van der Waals surface area contributed by atoms with Crippen LogP contribution in [-0.4, -0.2) is 49.4 Å². The molecular formula is C24H28N4O5S. The second-order valence-corrected chi connectivity index (χ2v) is 8.55. The van der Waals surface area contributed by atoms with E-state index in [4.69, 9.17) is 14.2 Å². The molecule has 0 spiro atoms. The number of benzene rings is 2. The first kappa shape index (κ1) is 25.0. The van der Waals surface area contributed by atoms with E-state index in [0.717, 1.165) is 11.3 Å². The first-order valence-electron chi connectivity index (χ1n) is 10.7. The van der Waals surface area contributed by atoms with Crippen LogP contribution >= 0.6 is 11.3 Å². The fourth-order valence-electron chi connectivity index (χ4n) is 3.17. The van der Waals surface area contributed by atoms with Gasteiger partial charge in [-0.25, -0.2) is 0 Å². The Labute approximate surface area is 202 Å². The zero-order chi connectivity index (χ0) is 24.7. The van der Waals surface area contributed by atoms with Crippen LogP contribution in [0.25, 0.3) is 10.6 Å². The van der Waals surface area contributed by atoms with Crippen molar-refractivity contribution in [2.24, 2.45) is 5.92 Å². The lowest BCUT2D eigenvalue weighted by Crippen LogP contribution is -2.47. The SMILES string of the molecule is CCC(C)C(NC(=O)c1cc(OC)cc(OC)c1)C(=O)Nc1nnc(-c2ccc(OC)cc2)s1. The van der Waals surface area contributed by atoms with Gasteiger partial charge in [0.15, 0.2) is 0 Å². The van der Waals surface area contributed by atoms with Gasteiger partial charge in [-0.2, -0.15) is 0 Å². The second kappa shape index (κ2) is 11.5. The maximum Gasteiger partial charge on any atom is 0.252 e. The molecule has 1 heterocycles. The molecule has 0 saturated heterocycles. The maximum atomic E-state index is 13.1. The fourth-order valence-corrected chi connectivity index (χ4v) is 3.92. The van der Waals surface area contributed by atoms with Gasteiger partial charge in [0.05, 0.1) is 21.3 Å². The number of anilines is 1. The molecule has 10 heteroatoms. The summed E-state index contributed by atoms with van der Waals surface area (Å²) >= 11 is 1.25. The van der Waals surface area contributed by atoms with Gasteiger partial charge in [0.2, 0.25) is 11.0 Å². The van der Waals surface area contributed by atoms with Gasteiger partial charge in [-0.05, 0) is 42.3 Å². The highest BCUT2D eigenvalue weighted by molar-refractivity contribution is 7.18. The van der Waals surface area contributed by atoms with Crippen molar-refractivity contribution in [1.29, 1.82) is 0 Å². The van der Waals surface area contributed by atoms with Crippen molar-refractivity contribution in [2.75, 3.05) is 26.6 Å². The highest BCUT2D eigenvalue weighted by atomic mass is 32.1. The largest absolute Gasteiger partial charge is 0.497 e. The minimum atomic E-state index is -0.775. The Bertz CT molecular complexity index is 1110. The van der Waals surface area contributed by atoms with Crippen LogP contribution in [0, 0.1) is 5.92 Å². The van der Waals surface area contributed by atoms with Crippen LogP contribution in [0.3, 0.4) is 0 Å². The van der Waals surface area contributed by atoms with Crippen LogP contribution in [0.4, 0.5) is 5.13 Å². The van der Waals surface area contributed by atoms with Gasteiger partial charge in [0.1, 0.15) is 28.3 Å². The number of hydrogen-bond acceptors (Lipinski definition) is 8. The van der Waals surface area contributed by atoms with Crippen molar-refractivity contribution in [3.63, 3.8) is 0 Å². The molecule has 2 atom stereocenters. The Morgan fingerprint density at radius 1 is 0.941 bits per heavy atom. The van der Waals surface area contributed by atoms with Crippen molar-refractivity contribution >= 4 is 28.3 Å². The third kappa shape index (κ3) is 6.02. The molecule has 0 aliphatic heterocycles. The van der Waals surface area contributed by atoms with Crippen LogP contribution in [0.2, 0.25) is 0 Å². The van der Waals surface area contributed by atoms with E-state index in [9.17, 15) is 9.59 Å². The van der Waals surface area contributed by atoms with Gasteiger partial charge >= 0.3 is 0 Å². The molecule has 0 aliphatic carbocycles. The molecule has 3 rings (SSSR count). The minimum absolute atomic E-state index is 0.120. The van der Waals surface area contributed by atoms with E-state index < -0.39 is 11.9 Å². The number of carbonyl (C=O) groups is 2. The van der Waals surface area contributed by atoms with E-state index in [1.165, 1.54) is 25.6 Å². The molecule has 0 aliphatic rings. The molecule has 2 aromatic carbocycles. The summed E-state index contributed by atoms with van der Waals surface area (Å²) in [4.78, 5) is 26.1. The van der Waals surface area contributed by atoms with Gasteiger partial charge in [0.25, 0.3) is 5.91 Å². The zero-order valence-corrected chi connectivity index (χ0v) is 20.6. The molecule has 3 aromatic rings. The van der Waals surface area contributed by atoms with Gasteiger partial charge in [-0.3, -0.25) is 14.9 Å². The van der Waals surface area contributed by atoms with Crippen molar-refractivity contribution in [3.05, 3.63) is 48.0 Å². The lowest BCUT2D eigenvalue weighted by molar-refractivity contribution is -0.119. The molecule has 0 radical (unpaired) electrons. The van der Waals surface area contributed by atoms with Crippen molar-refractivity contribution in [1.82, 2.24) is 15.5 Å². The van der Waals surface area contributed by atoms with E-state index >= 15 is 0 Å². The molecule has 0 saturated carbocycles. The van der Waals surface area contributed by atoms with E-state index in [2.05, 4.69) is 20.8 Å². The molecule has 0 bridgehead atoms.